The van der Waals surface area contributed by atoms with Crippen LogP contribution in [0.25, 0.3) is 0 Å². The molecule has 0 aromatic heterocycles. The number of nitrogens with one attached hydrogen (secondary N) is 2. The molecule has 3 aromatic carbocycles. The minimum atomic E-state index is -4.47. The van der Waals surface area contributed by atoms with E-state index in [4.69, 9.17) is 11.6 Å². The lowest BCUT2D eigenvalue weighted by Gasteiger charge is -2.10. The van der Waals surface area contributed by atoms with Crippen LogP contribution in [0.3, 0.4) is 0 Å². The van der Waals surface area contributed by atoms with Crippen molar-refractivity contribution in [1.82, 2.24) is 5.32 Å². The second-order valence-electron chi connectivity index (χ2n) is 6.31. The molecule has 32 heavy (non-hydrogen) atoms. The highest BCUT2D eigenvalue weighted by Crippen LogP contribution is 2.28. The van der Waals surface area contributed by atoms with Crippen LogP contribution in [0.1, 0.15) is 20.7 Å². The molecule has 0 heterocycles. The van der Waals surface area contributed by atoms with Gasteiger partial charge in [-0.1, -0.05) is 48.0 Å². The van der Waals surface area contributed by atoms with Crippen LogP contribution in [0, 0.1) is 11.6 Å². The van der Waals surface area contributed by atoms with Gasteiger partial charge < -0.3 is 5.32 Å². The van der Waals surface area contributed by atoms with E-state index in [9.17, 15) is 31.6 Å². The molecule has 0 saturated carbocycles. The summed E-state index contributed by atoms with van der Waals surface area (Å²) < 4.78 is 52.5. The second-order valence-corrected chi connectivity index (χ2v) is 8.53. The smallest absolute Gasteiger partial charge is 0.308 e. The van der Waals surface area contributed by atoms with Crippen molar-refractivity contribution >= 4 is 44.2 Å². The minimum Gasteiger partial charge on any atom is -0.308 e. The number of amides is 3. The van der Waals surface area contributed by atoms with Gasteiger partial charge in [-0.15, -0.1) is 0 Å². The largest absolute Gasteiger partial charge is 0.326 e. The summed E-state index contributed by atoms with van der Waals surface area (Å²) in [5.41, 5.74) is -1.04. The summed E-state index contributed by atoms with van der Waals surface area (Å²) in [5.74, 6) is -3.64. The van der Waals surface area contributed by atoms with Gasteiger partial charge in [0.05, 0.1) is 9.92 Å². The highest BCUT2D eigenvalue weighted by Gasteiger charge is 2.28. The van der Waals surface area contributed by atoms with E-state index in [2.05, 4.69) is 5.32 Å². The predicted octanol–water partition coefficient (Wildman–Crippen LogP) is 4.19. The Labute approximate surface area is 185 Å². The minimum absolute atomic E-state index is 0.0413. The number of carbonyl (C=O) groups excluding carboxylic acids is 3. The lowest BCUT2D eigenvalue weighted by molar-refractivity contribution is 0.0958. The fourth-order valence-corrected chi connectivity index (χ4v) is 4.36. The third kappa shape index (κ3) is 4.82. The first-order chi connectivity index (χ1) is 15.1. The summed E-state index contributed by atoms with van der Waals surface area (Å²) in [6.07, 6.45) is 0. The lowest BCUT2D eigenvalue weighted by atomic mass is 10.2. The number of urea groups is 1. The van der Waals surface area contributed by atoms with Gasteiger partial charge in [0, 0.05) is 11.3 Å². The zero-order chi connectivity index (χ0) is 23.5. The normalized spacial score (nSPS) is 11.0. The standard InChI is InChI=1S/C21H13ClF2N2O5S/c22-14-11-13(25-21(29)26-19(27)18-15(23)7-4-8-16(18)24)9-10-17(14)32(30,31)20(28)12-5-2-1-3-6-12/h1-11H,(H2,25,26,27,29). The Morgan fingerprint density at radius 2 is 1.47 bits per heavy atom. The first kappa shape index (κ1) is 23.0. The van der Waals surface area contributed by atoms with Crippen molar-refractivity contribution in [1.29, 1.82) is 0 Å². The van der Waals surface area contributed by atoms with E-state index in [0.717, 1.165) is 36.4 Å². The molecule has 164 valence electrons. The first-order valence-corrected chi connectivity index (χ1v) is 10.7. The molecular formula is C21H13ClF2N2O5S. The number of imide groups is 1. The molecule has 0 atom stereocenters. The van der Waals surface area contributed by atoms with Crippen LogP contribution in [0.2, 0.25) is 5.02 Å². The molecule has 0 aliphatic heterocycles. The molecule has 3 rings (SSSR count). The van der Waals surface area contributed by atoms with Crippen molar-refractivity contribution in [2.24, 2.45) is 0 Å². The predicted molar refractivity (Wildman–Crippen MR) is 112 cm³/mol. The van der Waals surface area contributed by atoms with Crippen LogP contribution < -0.4 is 10.6 Å². The number of anilines is 1. The van der Waals surface area contributed by atoms with Crippen molar-refractivity contribution < 1.29 is 31.6 Å². The van der Waals surface area contributed by atoms with Crippen LogP contribution in [0.5, 0.6) is 0 Å². The average Bonchev–Trinajstić information content (AvgIpc) is 2.73. The van der Waals surface area contributed by atoms with Gasteiger partial charge in [0.2, 0.25) is 9.84 Å². The molecule has 0 saturated heterocycles. The monoisotopic (exact) mass is 478 g/mol. The van der Waals surface area contributed by atoms with E-state index in [1.165, 1.54) is 24.3 Å². The van der Waals surface area contributed by atoms with Crippen molar-refractivity contribution in [3.05, 3.63) is 94.5 Å². The number of rotatable bonds is 4. The van der Waals surface area contributed by atoms with Crippen LogP contribution in [0.15, 0.2) is 71.6 Å². The molecule has 3 aromatic rings. The molecule has 3 amide bonds. The number of sulfone groups is 1. The Bertz CT molecular complexity index is 1310. The van der Waals surface area contributed by atoms with E-state index in [0.29, 0.717) is 0 Å². The van der Waals surface area contributed by atoms with Crippen molar-refractivity contribution in [3.63, 3.8) is 0 Å². The van der Waals surface area contributed by atoms with Crippen LogP contribution in [-0.4, -0.2) is 25.5 Å². The fourth-order valence-electron chi connectivity index (χ4n) is 2.67. The number of halogens is 3. The molecule has 0 bridgehead atoms. The average molecular weight is 479 g/mol. The fraction of sp³-hybridized carbons (Fsp3) is 0. The molecule has 7 nitrogen and oxygen atoms in total. The second kappa shape index (κ2) is 9.25. The number of benzene rings is 3. The Balaban J connectivity index is 1.76. The molecular weight excluding hydrogens is 466 g/mol. The topological polar surface area (TPSA) is 109 Å². The van der Waals surface area contributed by atoms with Crippen LogP contribution in [-0.2, 0) is 9.84 Å². The summed E-state index contributed by atoms with van der Waals surface area (Å²) in [7, 11) is -4.47. The first-order valence-electron chi connectivity index (χ1n) is 8.81. The quantitative estimate of drug-likeness (QED) is 0.584. The highest BCUT2D eigenvalue weighted by atomic mass is 35.5. The molecule has 0 unspecified atom stereocenters. The van der Waals surface area contributed by atoms with E-state index in [1.807, 2.05) is 0 Å². The maximum absolute atomic E-state index is 13.6. The van der Waals surface area contributed by atoms with E-state index in [1.54, 1.807) is 11.4 Å². The van der Waals surface area contributed by atoms with Gasteiger partial charge >= 0.3 is 6.03 Å². The third-order valence-corrected chi connectivity index (χ3v) is 6.23. The number of carbonyl (C=O) groups is 3. The molecule has 0 spiro atoms. The van der Waals surface area contributed by atoms with Crippen LogP contribution >= 0.6 is 11.6 Å². The maximum atomic E-state index is 13.6. The lowest BCUT2D eigenvalue weighted by Crippen LogP contribution is -2.35. The molecule has 0 aliphatic carbocycles. The Hall–Kier alpha value is -3.63. The van der Waals surface area contributed by atoms with Gasteiger partial charge in [-0.3, -0.25) is 14.9 Å². The van der Waals surface area contributed by atoms with Gasteiger partial charge in [0.15, 0.2) is 0 Å². The van der Waals surface area contributed by atoms with Crippen molar-refractivity contribution in [3.8, 4) is 0 Å². The van der Waals surface area contributed by atoms with Crippen molar-refractivity contribution in [2.45, 2.75) is 4.90 Å². The molecule has 0 fully saturated rings. The summed E-state index contributed by atoms with van der Waals surface area (Å²) in [6.45, 7) is 0. The van der Waals surface area contributed by atoms with Gasteiger partial charge in [0.1, 0.15) is 17.2 Å². The SMILES string of the molecule is O=C(NC(=O)c1c(F)cccc1F)Nc1ccc(S(=O)(=O)C(=O)c2ccccc2)c(Cl)c1. The number of hydrogen-bond acceptors (Lipinski definition) is 5. The van der Waals surface area contributed by atoms with Gasteiger partial charge in [-0.05, 0) is 30.3 Å². The summed E-state index contributed by atoms with van der Waals surface area (Å²) >= 11 is 6.00. The zero-order valence-corrected chi connectivity index (χ0v) is 17.5. The highest BCUT2D eigenvalue weighted by molar-refractivity contribution is 8.06. The van der Waals surface area contributed by atoms with E-state index < -0.39 is 49.0 Å². The van der Waals surface area contributed by atoms with E-state index in [-0.39, 0.29) is 16.3 Å². The molecule has 11 heteroatoms. The summed E-state index contributed by atoms with van der Waals surface area (Å²) in [5, 5.41) is 2.41. The van der Waals surface area contributed by atoms with Gasteiger partial charge in [-0.25, -0.2) is 22.0 Å². The Kier molecular flexibility index (Phi) is 6.66. The zero-order valence-electron chi connectivity index (χ0n) is 15.9. The summed E-state index contributed by atoms with van der Waals surface area (Å²) in [4.78, 5) is 35.8. The van der Waals surface area contributed by atoms with Crippen LogP contribution in [0.4, 0.5) is 19.3 Å². The van der Waals surface area contributed by atoms with Gasteiger partial charge in [-0.2, -0.15) is 0 Å². The van der Waals surface area contributed by atoms with E-state index >= 15 is 0 Å². The third-order valence-electron chi connectivity index (χ3n) is 4.15. The van der Waals surface area contributed by atoms with Crippen molar-refractivity contribution in [2.75, 3.05) is 5.32 Å². The molecule has 0 aliphatic rings. The Morgan fingerprint density at radius 3 is 2.06 bits per heavy atom. The number of hydrogen-bond donors (Lipinski definition) is 2. The maximum Gasteiger partial charge on any atom is 0.326 e. The summed E-state index contributed by atoms with van der Waals surface area (Å²) in [6, 6.07) is 12.1. The Morgan fingerprint density at radius 1 is 0.844 bits per heavy atom. The molecule has 0 radical (unpaired) electrons. The van der Waals surface area contributed by atoms with Gasteiger partial charge in [0.25, 0.3) is 11.0 Å². The molecule has 2 N–H and O–H groups in total.